The Bertz CT molecular complexity index is 6820. The van der Waals surface area contributed by atoms with E-state index in [1.54, 1.807) is 0 Å². The number of rotatable bonds is 18. The molecule has 564 valence electrons. The fourth-order valence-corrected chi connectivity index (χ4v) is 17.8. The minimum atomic E-state index is 0.572. The van der Waals surface area contributed by atoms with Crippen molar-refractivity contribution >= 4 is 117 Å². The molecule has 8 nitrogen and oxygen atoms in total. The van der Waals surface area contributed by atoms with Gasteiger partial charge in [0.15, 0.2) is 5.82 Å². The molecular weight excluding hydrogens is 1460 g/mol. The largest absolute Gasteiger partial charge is 0.310 e. The van der Waals surface area contributed by atoms with Crippen LogP contribution in [0.5, 0.6) is 0 Å². The van der Waals surface area contributed by atoms with E-state index in [4.69, 9.17) is 9.97 Å². The van der Waals surface area contributed by atoms with Gasteiger partial charge in [-0.3, -0.25) is 0 Å². The average molecular weight is 1530 g/mol. The lowest BCUT2D eigenvalue weighted by atomic mass is 10.0. The van der Waals surface area contributed by atoms with Gasteiger partial charge < -0.3 is 28.4 Å². The molecule has 0 saturated heterocycles. The third kappa shape index (κ3) is 12.9. The summed E-state index contributed by atoms with van der Waals surface area (Å²) in [6, 6.07) is 166. The van der Waals surface area contributed by atoms with Crippen LogP contribution in [0.4, 0.5) is 51.2 Å². The van der Waals surface area contributed by atoms with E-state index in [9.17, 15) is 0 Å². The molecule has 0 spiro atoms. The van der Waals surface area contributed by atoms with Crippen molar-refractivity contribution in [2.24, 2.45) is 0 Å². The van der Waals surface area contributed by atoms with Gasteiger partial charge in [-0.1, -0.05) is 273 Å². The number of benzene rings is 18. The van der Waals surface area contributed by atoms with E-state index in [0.29, 0.717) is 5.82 Å². The maximum atomic E-state index is 5.79. The second-order valence-corrected chi connectivity index (χ2v) is 30.5. The SMILES string of the molecule is c1ccc(-c2ccc(N(c3cccc(-c4cc(-c5cccc(N(c6ccc(-c7ccccc7)cc6)c6ccc7c(c6)c6ccccc6n7-c6ccccc6)c5)nc(-c5cccc(N(c6ccc(-c7ccccc7)cc6)c6ccc7c(c6)c6ccccc6n7-c6ccccc6)c5)n4)c3)c3ccc4c(c3)c3ccccc3n4-c3ccccc3)cc2)cc1. The van der Waals surface area contributed by atoms with Gasteiger partial charge >= 0.3 is 0 Å². The highest BCUT2D eigenvalue weighted by molar-refractivity contribution is 6.13. The fraction of sp³-hybridized carbons (Fsp3) is 0. The predicted octanol–water partition coefficient (Wildman–Crippen LogP) is 30.2. The number of anilines is 9. The second kappa shape index (κ2) is 30.2. The molecule has 4 aromatic heterocycles. The maximum absolute atomic E-state index is 5.79. The van der Waals surface area contributed by atoms with Crippen molar-refractivity contribution in [1.29, 1.82) is 0 Å². The number of hydrogen-bond donors (Lipinski definition) is 0. The molecule has 0 amide bonds. The first kappa shape index (κ1) is 70.5. The molecule has 0 aliphatic heterocycles. The number of para-hydroxylation sites is 6. The van der Waals surface area contributed by atoms with E-state index in [0.717, 1.165) is 179 Å². The number of nitrogens with zero attached hydrogens (tertiary/aromatic N) is 8. The zero-order valence-corrected chi connectivity index (χ0v) is 65.5. The topological polar surface area (TPSA) is 50.3 Å². The van der Waals surface area contributed by atoms with E-state index in [1.807, 2.05) is 0 Å². The van der Waals surface area contributed by atoms with Crippen molar-refractivity contribution in [3.63, 3.8) is 0 Å². The molecule has 0 unspecified atom stereocenters. The normalized spacial score (nSPS) is 11.5. The van der Waals surface area contributed by atoms with Crippen molar-refractivity contribution in [3.8, 4) is 84.3 Å². The maximum Gasteiger partial charge on any atom is 0.160 e. The van der Waals surface area contributed by atoms with Crippen LogP contribution < -0.4 is 14.7 Å². The van der Waals surface area contributed by atoms with Gasteiger partial charge in [-0.25, -0.2) is 9.97 Å². The van der Waals surface area contributed by atoms with E-state index in [1.165, 1.54) is 16.2 Å². The molecule has 0 saturated carbocycles. The minimum absolute atomic E-state index is 0.572. The highest BCUT2D eigenvalue weighted by atomic mass is 15.2. The summed E-state index contributed by atoms with van der Waals surface area (Å²) in [4.78, 5) is 18.7. The van der Waals surface area contributed by atoms with Crippen LogP contribution in [-0.4, -0.2) is 23.7 Å². The standard InChI is InChI=1S/C112H76N8/c1-7-28-77(29-8-1)80-52-58-89(59-53-80)115(95-64-67-109-101(73-95)98-46-19-22-49-106(98)118(109)86-37-13-4-14-38-86)92-43-25-34-83(70-92)104-76-105(84-35-26-44-93(71-84)116(90-60-54-81(55-61-90)78-30-9-2-10-31-78)96-65-68-110-102(74-96)99-47-20-23-50-107(99)119(110)87-39-15-5-16-40-87)114-112(113-104)85-36-27-45-94(72-85)117(91-62-56-82(57-63-91)79-32-11-3-12-33-79)97-66-69-111-103(75-97)100-48-21-24-51-108(100)120(111)88-41-17-6-18-42-88/h1-76H. The Morgan fingerprint density at radius 2 is 0.383 bits per heavy atom. The van der Waals surface area contributed by atoms with Gasteiger partial charge in [0.2, 0.25) is 0 Å². The van der Waals surface area contributed by atoms with Crippen molar-refractivity contribution in [1.82, 2.24) is 23.7 Å². The first-order chi connectivity index (χ1) is 59.5. The Morgan fingerprint density at radius 1 is 0.150 bits per heavy atom. The summed E-state index contributed by atoms with van der Waals surface area (Å²) < 4.78 is 7.13. The molecule has 0 bridgehead atoms. The Hall–Kier alpha value is -16.2. The lowest BCUT2D eigenvalue weighted by Crippen LogP contribution is -2.10. The molecular formula is C112H76N8. The summed E-state index contributed by atoms with van der Waals surface area (Å²) in [5, 5.41) is 6.98. The van der Waals surface area contributed by atoms with E-state index in [2.05, 4.69) is 489 Å². The van der Waals surface area contributed by atoms with E-state index < -0.39 is 0 Å². The molecule has 0 aliphatic rings. The van der Waals surface area contributed by atoms with E-state index in [-0.39, 0.29) is 0 Å². The number of fused-ring (bicyclic) bond motifs is 9. The molecule has 0 N–H and O–H groups in total. The Morgan fingerprint density at radius 3 is 0.700 bits per heavy atom. The van der Waals surface area contributed by atoms with Crippen LogP contribution in [0.1, 0.15) is 0 Å². The van der Waals surface area contributed by atoms with Gasteiger partial charge in [-0.2, -0.15) is 0 Å². The van der Waals surface area contributed by atoms with Gasteiger partial charge in [0, 0.05) is 117 Å². The summed E-state index contributed by atoms with van der Waals surface area (Å²) in [5.41, 5.74) is 30.2. The first-order valence-electron chi connectivity index (χ1n) is 40.8. The molecule has 4 heterocycles. The van der Waals surface area contributed by atoms with Crippen LogP contribution in [0.3, 0.4) is 0 Å². The van der Waals surface area contributed by atoms with Crippen molar-refractivity contribution in [2.75, 3.05) is 14.7 Å². The monoisotopic (exact) mass is 1530 g/mol. The van der Waals surface area contributed by atoms with Crippen molar-refractivity contribution in [2.45, 2.75) is 0 Å². The van der Waals surface area contributed by atoms with Crippen LogP contribution >= 0.6 is 0 Å². The van der Waals surface area contributed by atoms with Crippen LogP contribution in [0.2, 0.25) is 0 Å². The Balaban J connectivity index is 0.731. The third-order valence-electron chi connectivity index (χ3n) is 23.4. The molecule has 0 radical (unpaired) electrons. The number of hydrogen-bond acceptors (Lipinski definition) is 5. The van der Waals surface area contributed by atoms with E-state index >= 15 is 0 Å². The molecule has 22 aromatic rings. The highest BCUT2D eigenvalue weighted by Crippen LogP contribution is 2.47. The summed E-state index contributed by atoms with van der Waals surface area (Å²) in [6.45, 7) is 0. The zero-order valence-electron chi connectivity index (χ0n) is 65.5. The van der Waals surface area contributed by atoms with Gasteiger partial charge in [-0.15, -0.1) is 0 Å². The second-order valence-electron chi connectivity index (χ2n) is 30.5. The third-order valence-corrected chi connectivity index (χ3v) is 23.4. The van der Waals surface area contributed by atoms with Crippen LogP contribution in [0, 0.1) is 0 Å². The lowest BCUT2D eigenvalue weighted by Gasteiger charge is -2.27. The average Bonchev–Trinajstić information content (AvgIpc) is 1.59. The summed E-state index contributed by atoms with van der Waals surface area (Å²) in [7, 11) is 0. The predicted molar refractivity (Wildman–Crippen MR) is 502 cm³/mol. The fourth-order valence-electron chi connectivity index (χ4n) is 17.8. The van der Waals surface area contributed by atoms with Crippen LogP contribution in [0.15, 0.2) is 461 Å². The first-order valence-corrected chi connectivity index (χ1v) is 40.8. The molecule has 0 aliphatic carbocycles. The molecule has 8 heteroatoms. The minimum Gasteiger partial charge on any atom is -0.310 e. The smallest absolute Gasteiger partial charge is 0.160 e. The molecule has 0 fully saturated rings. The summed E-state index contributed by atoms with van der Waals surface area (Å²) in [5.74, 6) is 0.572. The highest BCUT2D eigenvalue weighted by Gasteiger charge is 2.25. The Labute approximate surface area is 695 Å². The van der Waals surface area contributed by atoms with Gasteiger partial charge in [0.05, 0.1) is 44.5 Å². The van der Waals surface area contributed by atoms with Crippen molar-refractivity contribution < 1.29 is 0 Å². The lowest BCUT2D eigenvalue weighted by molar-refractivity contribution is 1.17. The summed E-state index contributed by atoms with van der Waals surface area (Å²) in [6.07, 6.45) is 0. The molecule has 22 rings (SSSR count). The molecule has 120 heavy (non-hydrogen) atoms. The summed E-state index contributed by atoms with van der Waals surface area (Å²) >= 11 is 0. The molecule has 0 atom stereocenters. The van der Waals surface area contributed by atoms with Crippen LogP contribution in [0.25, 0.3) is 150 Å². The molecule has 18 aromatic carbocycles. The number of aromatic nitrogens is 5. The van der Waals surface area contributed by atoms with Crippen molar-refractivity contribution in [3.05, 3.63) is 461 Å². The van der Waals surface area contributed by atoms with Gasteiger partial charge in [-0.05, 0) is 221 Å². The van der Waals surface area contributed by atoms with Gasteiger partial charge in [0.1, 0.15) is 0 Å². The zero-order chi connectivity index (χ0) is 79.4. The quantitative estimate of drug-likeness (QED) is 0.0857. The van der Waals surface area contributed by atoms with Crippen LogP contribution in [-0.2, 0) is 0 Å². The van der Waals surface area contributed by atoms with Gasteiger partial charge in [0.25, 0.3) is 0 Å². The Kier molecular flexibility index (Phi) is 17.8.